The lowest BCUT2D eigenvalue weighted by Crippen LogP contribution is -2.11. The van der Waals surface area contributed by atoms with E-state index in [-0.39, 0.29) is 23.4 Å². The maximum atomic E-state index is 11.3. The Morgan fingerprint density at radius 3 is 2.68 bits per heavy atom. The quantitative estimate of drug-likeness (QED) is 0.623. The lowest BCUT2D eigenvalue weighted by molar-refractivity contribution is -0.385. The van der Waals surface area contributed by atoms with E-state index in [0.29, 0.717) is 6.61 Å². The number of nitrogens with zero attached hydrogens (tertiary/aromatic N) is 3. The summed E-state index contributed by atoms with van der Waals surface area (Å²) in [4.78, 5) is 18.7. The van der Waals surface area contributed by atoms with Gasteiger partial charge in [0.2, 0.25) is 5.82 Å². The van der Waals surface area contributed by atoms with Gasteiger partial charge < -0.3 is 10.1 Å². The molecule has 0 amide bonds. The molecule has 22 heavy (non-hydrogen) atoms. The summed E-state index contributed by atoms with van der Waals surface area (Å²) in [6.07, 6.45) is 2.00. The average Bonchev–Trinajstić information content (AvgIpc) is 2.53. The van der Waals surface area contributed by atoms with Crippen molar-refractivity contribution in [1.29, 1.82) is 0 Å². The predicted molar refractivity (Wildman–Crippen MR) is 83.0 cm³/mol. The lowest BCUT2D eigenvalue weighted by Gasteiger charge is -2.15. The van der Waals surface area contributed by atoms with Crippen molar-refractivity contribution in [1.82, 2.24) is 9.97 Å². The minimum atomic E-state index is -0.523. The van der Waals surface area contributed by atoms with Crippen LogP contribution in [-0.2, 0) is 0 Å². The van der Waals surface area contributed by atoms with Gasteiger partial charge >= 0.3 is 5.69 Å². The van der Waals surface area contributed by atoms with Crippen LogP contribution in [0.4, 0.5) is 11.5 Å². The van der Waals surface area contributed by atoms with Crippen molar-refractivity contribution in [2.45, 2.75) is 26.3 Å². The normalized spacial score (nSPS) is 11.7. The van der Waals surface area contributed by atoms with Crippen LogP contribution in [0.15, 0.2) is 36.7 Å². The van der Waals surface area contributed by atoms with E-state index < -0.39 is 4.92 Å². The second-order valence-corrected chi connectivity index (χ2v) is 4.76. The summed E-state index contributed by atoms with van der Waals surface area (Å²) in [6.45, 7) is 4.20. The zero-order chi connectivity index (χ0) is 15.9. The largest absolute Gasteiger partial charge is 0.473 e. The first-order valence-corrected chi connectivity index (χ1v) is 7.07. The summed E-state index contributed by atoms with van der Waals surface area (Å²) in [5.74, 6) is 0.145. The third kappa shape index (κ3) is 3.69. The fourth-order valence-electron chi connectivity index (χ4n) is 1.97. The molecule has 0 spiro atoms. The SMILES string of the molecule is CCCOc1ncnc(NC(C)c2ccccc2)c1[N+](=O)[O-]. The van der Waals surface area contributed by atoms with Crippen LogP contribution in [0.3, 0.4) is 0 Å². The summed E-state index contributed by atoms with van der Waals surface area (Å²) >= 11 is 0. The summed E-state index contributed by atoms with van der Waals surface area (Å²) < 4.78 is 5.34. The number of rotatable bonds is 7. The average molecular weight is 302 g/mol. The molecule has 0 saturated heterocycles. The van der Waals surface area contributed by atoms with E-state index in [4.69, 9.17) is 4.74 Å². The van der Waals surface area contributed by atoms with Gasteiger partial charge in [-0.25, -0.2) is 4.98 Å². The van der Waals surface area contributed by atoms with Crippen molar-refractivity contribution in [3.63, 3.8) is 0 Å². The Labute approximate surface area is 128 Å². The molecule has 116 valence electrons. The fraction of sp³-hybridized carbons (Fsp3) is 0.333. The number of anilines is 1. The van der Waals surface area contributed by atoms with E-state index in [9.17, 15) is 10.1 Å². The Balaban J connectivity index is 2.28. The molecular weight excluding hydrogens is 284 g/mol. The summed E-state index contributed by atoms with van der Waals surface area (Å²) in [5.41, 5.74) is 0.769. The maximum absolute atomic E-state index is 11.3. The molecule has 0 saturated carbocycles. The molecule has 0 bridgehead atoms. The molecule has 1 aromatic carbocycles. The summed E-state index contributed by atoms with van der Waals surface area (Å²) in [7, 11) is 0. The van der Waals surface area contributed by atoms with Gasteiger partial charge in [0.15, 0.2) is 0 Å². The minimum Gasteiger partial charge on any atom is -0.473 e. The minimum absolute atomic E-state index is 0.00962. The van der Waals surface area contributed by atoms with Crippen molar-refractivity contribution >= 4 is 11.5 Å². The Hall–Kier alpha value is -2.70. The third-order valence-electron chi connectivity index (χ3n) is 3.07. The zero-order valence-corrected chi connectivity index (χ0v) is 12.5. The van der Waals surface area contributed by atoms with Gasteiger partial charge in [0.1, 0.15) is 6.33 Å². The molecule has 1 heterocycles. The van der Waals surface area contributed by atoms with Gasteiger partial charge in [-0.15, -0.1) is 0 Å². The molecule has 7 heteroatoms. The van der Waals surface area contributed by atoms with Crippen LogP contribution in [0.5, 0.6) is 5.88 Å². The van der Waals surface area contributed by atoms with Crippen LogP contribution < -0.4 is 10.1 Å². The predicted octanol–water partition coefficient (Wildman–Crippen LogP) is 3.35. The number of hydrogen-bond donors (Lipinski definition) is 1. The molecule has 1 atom stereocenters. The molecule has 1 aromatic heterocycles. The molecule has 0 aliphatic heterocycles. The monoisotopic (exact) mass is 302 g/mol. The zero-order valence-electron chi connectivity index (χ0n) is 12.5. The number of aromatic nitrogens is 2. The first kappa shape index (κ1) is 15.7. The van der Waals surface area contributed by atoms with Crippen LogP contribution >= 0.6 is 0 Å². The number of nitrogens with one attached hydrogen (secondary N) is 1. The summed E-state index contributed by atoms with van der Waals surface area (Å²) in [6, 6.07) is 9.50. The van der Waals surface area contributed by atoms with Gasteiger partial charge in [-0.2, -0.15) is 4.98 Å². The highest BCUT2D eigenvalue weighted by Crippen LogP contribution is 2.32. The third-order valence-corrected chi connectivity index (χ3v) is 3.07. The number of ether oxygens (including phenoxy) is 1. The topological polar surface area (TPSA) is 90.2 Å². The highest BCUT2D eigenvalue weighted by molar-refractivity contribution is 5.61. The van der Waals surface area contributed by atoms with Gasteiger partial charge in [-0.1, -0.05) is 37.3 Å². The highest BCUT2D eigenvalue weighted by Gasteiger charge is 2.25. The van der Waals surface area contributed by atoms with E-state index >= 15 is 0 Å². The lowest BCUT2D eigenvalue weighted by atomic mass is 10.1. The molecule has 2 aromatic rings. The Morgan fingerprint density at radius 2 is 2.05 bits per heavy atom. The molecule has 2 rings (SSSR count). The van der Waals surface area contributed by atoms with Crippen LogP contribution in [0.25, 0.3) is 0 Å². The molecule has 1 N–H and O–H groups in total. The molecule has 1 unspecified atom stereocenters. The molecule has 0 aliphatic carbocycles. The second kappa shape index (κ2) is 7.35. The first-order chi connectivity index (χ1) is 10.6. The number of hydrogen-bond acceptors (Lipinski definition) is 6. The second-order valence-electron chi connectivity index (χ2n) is 4.76. The molecule has 7 nitrogen and oxygen atoms in total. The van der Waals surface area contributed by atoms with E-state index in [1.807, 2.05) is 44.2 Å². The number of benzene rings is 1. The molecule has 0 fully saturated rings. The molecular formula is C15H18N4O3. The van der Waals surface area contributed by atoms with Crippen molar-refractivity contribution in [2.75, 3.05) is 11.9 Å². The van der Waals surface area contributed by atoms with Crippen molar-refractivity contribution in [3.8, 4) is 5.88 Å². The van der Waals surface area contributed by atoms with Gasteiger partial charge in [0.25, 0.3) is 5.88 Å². The van der Waals surface area contributed by atoms with E-state index in [1.165, 1.54) is 6.33 Å². The van der Waals surface area contributed by atoms with Crippen LogP contribution in [-0.4, -0.2) is 21.5 Å². The Bertz CT molecular complexity index is 634. The van der Waals surface area contributed by atoms with E-state index in [1.54, 1.807) is 0 Å². The van der Waals surface area contributed by atoms with E-state index in [0.717, 1.165) is 12.0 Å². The molecule has 0 radical (unpaired) electrons. The molecule has 0 aliphatic rings. The van der Waals surface area contributed by atoms with Crippen LogP contribution in [0.2, 0.25) is 0 Å². The van der Waals surface area contributed by atoms with Crippen molar-refractivity contribution in [3.05, 3.63) is 52.3 Å². The number of nitro groups is 1. The van der Waals surface area contributed by atoms with Crippen molar-refractivity contribution < 1.29 is 9.66 Å². The maximum Gasteiger partial charge on any atom is 0.372 e. The highest BCUT2D eigenvalue weighted by atomic mass is 16.6. The van der Waals surface area contributed by atoms with E-state index in [2.05, 4.69) is 15.3 Å². The fourth-order valence-corrected chi connectivity index (χ4v) is 1.97. The van der Waals surface area contributed by atoms with Crippen LogP contribution in [0, 0.1) is 10.1 Å². The Morgan fingerprint density at radius 1 is 1.32 bits per heavy atom. The van der Waals surface area contributed by atoms with Crippen molar-refractivity contribution in [2.24, 2.45) is 0 Å². The van der Waals surface area contributed by atoms with Gasteiger partial charge in [-0.3, -0.25) is 10.1 Å². The van der Waals surface area contributed by atoms with Gasteiger partial charge in [0, 0.05) is 0 Å². The first-order valence-electron chi connectivity index (χ1n) is 7.07. The Kier molecular flexibility index (Phi) is 5.24. The van der Waals surface area contributed by atoms with Gasteiger partial charge in [0.05, 0.1) is 17.6 Å². The van der Waals surface area contributed by atoms with Gasteiger partial charge in [-0.05, 0) is 18.9 Å². The smallest absolute Gasteiger partial charge is 0.372 e. The summed E-state index contributed by atoms with van der Waals surface area (Å²) in [5, 5.41) is 14.4. The standard InChI is InChI=1S/C15H18N4O3/c1-3-9-22-15-13(19(20)21)14(16-10-17-15)18-11(2)12-7-5-4-6-8-12/h4-8,10-11H,3,9H2,1-2H3,(H,16,17,18). The van der Waals surface area contributed by atoms with Crippen LogP contribution in [0.1, 0.15) is 31.9 Å².